The predicted octanol–water partition coefficient (Wildman–Crippen LogP) is 3.05. The largest absolute Gasteiger partial charge is 0.478 e. The quantitative estimate of drug-likeness (QED) is 0.863. The van der Waals surface area contributed by atoms with Gasteiger partial charge in [0.1, 0.15) is 0 Å². The first-order chi connectivity index (χ1) is 7.52. The molecule has 0 bridgehead atoms. The van der Waals surface area contributed by atoms with Gasteiger partial charge in [-0.25, -0.2) is 4.79 Å². The SMILES string of the molecule is CC(C)c1nc2c(c(C(=O)O)c1Cl)CCC2. The number of halogens is 1. The first-order valence-electron chi connectivity index (χ1n) is 5.46. The summed E-state index contributed by atoms with van der Waals surface area (Å²) in [6.45, 7) is 3.95. The Morgan fingerprint density at radius 2 is 2.12 bits per heavy atom. The van der Waals surface area contributed by atoms with E-state index < -0.39 is 5.97 Å². The van der Waals surface area contributed by atoms with E-state index in [0.717, 1.165) is 30.5 Å². The summed E-state index contributed by atoms with van der Waals surface area (Å²) in [4.78, 5) is 15.7. The Hall–Kier alpha value is -1.09. The van der Waals surface area contributed by atoms with E-state index >= 15 is 0 Å². The van der Waals surface area contributed by atoms with Gasteiger partial charge in [0.05, 0.1) is 16.3 Å². The van der Waals surface area contributed by atoms with Gasteiger partial charge in [-0.05, 0) is 30.7 Å². The van der Waals surface area contributed by atoms with Crippen LogP contribution in [0.2, 0.25) is 5.02 Å². The van der Waals surface area contributed by atoms with Crippen molar-refractivity contribution in [1.29, 1.82) is 0 Å². The smallest absolute Gasteiger partial charge is 0.337 e. The van der Waals surface area contributed by atoms with Crippen molar-refractivity contribution in [3.63, 3.8) is 0 Å². The van der Waals surface area contributed by atoms with Crippen LogP contribution in [0.4, 0.5) is 0 Å². The third-order valence-corrected chi connectivity index (χ3v) is 3.33. The normalized spacial score (nSPS) is 14.2. The molecule has 3 nitrogen and oxygen atoms in total. The van der Waals surface area contributed by atoms with Crippen LogP contribution in [0.3, 0.4) is 0 Å². The fourth-order valence-corrected chi connectivity index (χ4v) is 2.64. The molecule has 0 saturated heterocycles. The lowest BCUT2D eigenvalue weighted by Gasteiger charge is -2.13. The van der Waals surface area contributed by atoms with Crippen LogP contribution < -0.4 is 0 Å². The number of aromatic carboxylic acids is 1. The second-order valence-corrected chi connectivity index (χ2v) is 4.80. The molecule has 0 saturated carbocycles. The number of carboxylic acid groups (broad SMARTS) is 1. The number of fused-ring (bicyclic) bond motifs is 1. The summed E-state index contributed by atoms with van der Waals surface area (Å²) in [7, 11) is 0. The number of carbonyl (C=O) groups is 1. The molecule has 0 aliphatic heterocycles. The zero-order valence-corrected chi connectivity index (χ0v) is 10.1. The molecular formula is C12H14ClNO2. The Morgan fingerprint density at radius 3 is 2.69 bits per heavy atom. The second kappa shape index (κ2) is 4.06. The van der Waals surface area contributed by atoms with Crippen LogP contribution in [0.1, 0.15) is 53.5 Å². The van der Waals surface area contributed by atoms with Crippen molar-refractivity contribution in [3.8, 4) is 0 Å². The molecular weight excluding hydrogens is 226 g/mol. The number of aryl methyl sites for hydroxylation is 1. The molecule has 4 heteroatoms. The maximum absolute atomic E-state index is 11.2. The maximum atomic E-state index is 11.2. The third-order valence-electron chi connectivity index (χ3n) is 2.95. The molecule has 0 fully saturated rings. The number of aromatic nitrogens is 1. The van der Waals surface area contributed by atoms with E-state index in [1.807, 2.05) is 13.8 Å². The molecule has 1 N–H and O–H groups in total. The van der Waals surface area contributed by atoms with Crippen LogP contribution in [-0.4, -0.2) is 16.1 Å². The van der Waals surface area contributed by atoms with E-state index in [9.17, 15) is 9.90 Å². The van der Waals surface area contributed by atoms with Crippen molar-refractivity contribution >= 4 is 17.6 Å². The monoisotopic (exact) mass is 239 g/mol. The second-order valence-electron chi connectivity index (χ2n) is 4.42. The molecule has 1 aliphatic carbocycles. The van der Waals surface area contributed by atoms with Gasteiger partial charge >= 0.3 is 5.97 Å². The standard InChI is InChI=1S/C12H14ClNO2/c1-6(2)11-10(13)9(12(15)16)7-4-3-5-8(7)14-11/h6H,3-5H2,1-2H3,(H,15,16). The van der Waals surface area contributed by atoms with Gasteiger partial charge in [0.2, 0.25) is 0 Å². The summed E-state index contributed by atoms with van der Waals surface area (Å²) in [5.41, 5.74) is 2.74. The molecule has 2 rings (SSSR count). The topological polar surface area (TPSA) is 50.2 Å². The molecule has 86 valence electrons. The Kier molecular flexibility index (Phi) is 2.89. The zero-order valence-electron chi connectivity index (χ0n) is 9.38. The molecule has 0 amide bonds. The molecule has 16 heavy (non-hydrogen) atoms. The number of hydrogen-bond donors (Lipinski definition) is 1. The molecule has 1 aliphatic rings. The van der Waals surface area contributed by atoms with Crippen molar-refractivity contribution in [2.24, 2.45) is 0 Å². The minimum Gasteiger partial charge on any atom is -0.478 e. The average molecular weight is 240 g/mol. The Morgan fingerprint density at radius 1 is 1.44 bits per heavy atom. The van der Waals surface area contributed by atoms with Gasteiger partial charge in [0.25, 0.3) is 0 Å². The third kappa shape index (κ3) is 1.69. The lowest BCUT2D eigenvalue weighted by molar-refractivity contribution is 0.0695. The molecule has 0 unspecified atom stereocenters. The Balaban J connectivity index is 2.70. The van der Waals surface area contributed by atoms with Crippen LogP contribution in [-0.2, 0) is 12.8 Å². The van der Waals surface area contributed by atoms with Gasteiger partial charge in [0.15, 0.2) is 0 Å². The number of nitrogens with zero attached hydrogens (tertiary/aromatic N) is 1. The van der Waals surface area contributed by atoms with E-state index in [1.54, 1.807) is 0 Å². The number of hydrogen-bond acceptors (Lipinski definition) is 2. The molecule has 0 atom stereocenters. The first-order valence-corrected chi connectivity index (χ1v) is 5.84. The van der Waals surface area contributed by atoms with Crippen molar-refractivity contribution in [1.82, 2.24) is 4.98 Å². The van der Waals surface area contributed by atoms with E-state index in [4.69, 9.17) is 11.6 Å². The highest BCUT2D eigenvalue weighted by molar-refractivity contribution is 6.34. The lowest BCUT2D eigenvalue weighted by Crippen LogP contribution is -2.09. The van der Waals surface area contributed by atoms with Gasteiger partial charge in [-0.15, -0.1) is 0 Å². The summed E-state index contributed by atoms with van der Waals surface area (Å²) in [5.74, 6) is -0.788. The number of rotatable bonds is 2. The summed E-state index contributed by atoms with van der Waals surface area (Å²) < 4.78 is 0. The van der Waals surface area contributed by atoms with Crippen molar-refractivity contribution < 1.29 is 9.90 Å². The van der Waals surface area contributed by atoms with Crippen LogP contribution in [0.25, 0.3) is 0 Å². The fraction of sp³-hybridized carbons (Fsp3) is 0.500. The maximum Gasteiger partial charge on any atom is 0.337 e. The van der Waals surface area contributed by atoms with Gasteiger partial charge in [-0.1, -0.05) is 25.4 Å². The van der Waals surface area contributed by atoms with E-state index in [0.29, 0.717) is 10.7 Å². The highest BCUT2D eigenvalue weighted by atomic mass is 35.5. The Labute approximate surface area is 99.5 Å². The molecule has 0 aromatic carbocycles. The first kappa shape index (κ1) is 11.4. The van der Waals surface area contributed by atoms with Crippen LogP contribution in [0.15, 0.2) is 0 Å². The van der Waals surface area contributed by atoms with Crippen LogP contribution in [0, 0.1) is 0 Å². The minimum atomic E-state index is -0.938. The minimum absolute atomic E-state index is 0.150. The van der Waals surface area contributed by atoms with Gasteiger partial charge in [0, 0.05) is 5.69 Å². The van der Waals surface area contributed by atoms with E-state index in [2.05, 4.69) is 4.98 Å². The van der Waals surface area contributed by atoms with Crippen LogP contribution >= 0.6 is 11.6 Å². The summed E-state index contributed by atoms with van der Waals surface area (Å²) in [6.07, 6.45) is 2.62. The summed E-state index contributed by atoms with van der Waals surface area (Å²) in [6, 6.07) is 0. The summed E-state index contributed by atoms with van der Waals surface area (Å²) in [5, 5.41) is 9.55. The van der Waals surface area contributed by atoms with Gasteiger partial charge in [-0.3, -0.25) is 4.98 Å². The highest BCUT2D eigenvalue weighted by Crippen LogP contribution is 2.34. The summed E-state index contributed by atoms with van der Waals surface area (Å²) >= 11 is 6.14. The number of carboxylic acids is 1. The van der Waals surface area contributed by atoms with E-state index in [1.165, 1.54) is 0 Å². The van der Waals surface area contributed by atoms with Gasteiger partial charge < -0.3 is 5.11 Å². The lowest BCUT2D eigenvalue weighted by atomic mass is 10.0. The van der Waals surface area contributed by atoms with Crippen molar-refractivity contribution in [3.05, 3.63) is 27.5 Å². The zero-order chi connectivity index (χ0) is 11.9. The molecule has 1 aromatic heterocycles. The fourth-order valence-electron chi connectivity index (χ4n) is 2.18. The molecule has 0 spiro atoms. The average Bonchev–Trinajstić information content (AvgIpc) is 2.62. The van der Waals surface area contributed by atoms with Crippen molar-refractivity contribution in [2.75, 3.05) is 0 Å². The van der Waals surface area contributed by atoms with Gasteiger partial charge in [-0.2, -0.15) is 0 Å². The molecule has 1 aromatic rings. The van der Waals surface area contributed by atoms with E-state index in [-0.39, 0.29) is 11.5 Å². The molecule has 1 heterocycles. The molecule has 0 radical (unpaired) electrons. The Bertz CT molecular complexity index is 455. The number of pyridine rings is 1. The van der Waals surface area contributed by atoms with Crippen LogP contribution in [0.5, 0.6) is 0 Å². The highest BCUT2D eigenvalue weighted by Gasteiger charge is 2.26. The van der Waals surface area contributed by atoms with Crippen molar-refractivity contribution in [2.45, 2.75) is 39.0 Å². The predicted molar refractivity (Wildman–Crippen MR) is 62.3 cm³/mol.